The number of likely N-dealkylation sites (tertiary alicyclic amines) is 1. The monoisotopic (exact) mass is 224 g/mol. The molecule has 1 N–H and O–H groups in total. The highest BCUT2D eigenvalue weighted by molar-refractivity contribution is 7.14. The second-order valence-electron chi connectivity index (χ2n) is 3.95. The fourth-order valence-electron chi connectivity index (χ4n) is 1.93. The summed E-state index contributed by atoms with van der Waals surface area (Å²) in [7, 11) is 0. The van der Waals surface area contributed by atoms with E-state index in [1.165, 1.54) is 6.42 Å². The Morgan fingerprint density at radius 3 is 3.13 bits per heavy atom. The molecule has 1 unspecified atom stereocenters. The summed E-state index contributed by atoms with van der Waals surface area (Å²) in [5, 5.41) is 5.82. The minimum Gasteiger partial charge on any atom is -0.322 e. The minimum atomic E-state index is 0.0460. The predicted octanol–water partition coefficient (Wildman–Crippen LogP) is 3.15. The van der Waals surface area contributed by atoms with Gasteiger partial charge in [-0.1, -0.05) is 0 Å². The molecule has 15 heavy (non-hydrogen) atoms. The summed E-state index contributed by atoms with van der Waals surface area (Å²) in [6.07, 6.45) is 3.49. The van der Waals surface area contributed by atoms with Crippen molar-refractivity contribution in [3.8, 4) is 0 Å². The van der Waals surface area contributed by atoms with Gasteiger partial charge < -0.3 is 4.90 Å². The van der Waals surface area contributed by atoms with Crippen molar-refractivity contribution in [3.63, 3.8) is 0 Å². The average Bonchev–Trinajstić information content (AvgIpc) is 2.71. The van der Waals surface area contributed by atoms with Crippen molar-refractivity contribution in [2.75, 3.05) is 11.9 Å². The molecule has 3 nitrogen and oxygen atoms in total. The van der Waals surface area contributed by atoms with Gasteiger partial charge in [0, 0.05) is 12.6 Å². The van der Waals surface area contributed by atoms with Gasteiger partial charge in [-0.05, 0) is 43.7 Å². The number of amides is 2. The van der Waals surface area contributed by atoms with Crippen LogP contribution in [0.1, 0.15) is 26.2 Å². The largest absolute Gasteiger partial charge is 0.322 e. The van der Waals surface area contributed by atoms with E-state index in [9.17, 15) is 4.79 Å². The van der Waals surface area contributed by atoms with Crippen molar-refractivity contribution in [2.24, 2.45) is 0 Å². The molecular weight excluding hydrogens is 208 g/mol. The third kappa shape index (κ3) is 2.50. The number of thiophene rings is 1. The molecule has 0 saturated carbocycles. The van der Waals surface area contributed by atoms with Crippen molar-refractivity contribution in [3.05, 3.63) is 17.5 Å². The lowest BCUT2D eigenvalue weighted by Gasteiger charge is -2.33. The van der Waals surface area contributed by atoms with Crippen molar-refractivity contribution in [1.29, 1.82) is 0 Å². The van der Waals surface area contributed by atoms with E-state index >= 15 is 0 Å². The number of nitrogens with one attached hydrogen (secondary N) is 1. The quantitative estimate of drug-likeness (QED) is 0.780. The molecule has 0 spiro atoms. The van der Waals surface area contributed by atoms with Crippen LogP contribution < -0.4 is 5.32 Å². The number of hydrogen-bond acceptors (Lipinski definition) is 2. The first-order valence-electron chi connectivity index (χ1n) is 5.38. The Hall–Kier alpha value is -1.03. The van der Waals surface area contributed by atoms with E-state index in [2.05, 4.69) is 12.2 Å². The molecule has 1 aliphatic heterocycles. The van der Waals surface area contributed by atoms with Gasteiger partial charge in [0.25, 0.3) is 0 Å². The normalized spacial score (nSPS) is 21.4. The molecule has 1 atom stereocenters. The zero-order chi connectivity index (χ0) is 10.7. The topological polar surface area (TPSA) is 32.3 Å². The van der Waals surface area contributed by atoms with Gasteiger partial charge in [0.15, 0.2) is 0 Å². The number of carbonyl (C=O) groups is 1. The first kappa shape index (κ1) is 10.5. The van der Waals surface area contributed by atoms with Gasteiger partial charge in [0.2, 0.25) is 0 Å². The second-order valence-corrected chi connectivity index (χ2v) is 4.89. The Bertz CT molecular complexity index is 323. The number of anilines is 1. The summed E-state index contributed by atoms with van der Waals surface area (Å²) in [5.41, 5.74) is 0. The van der Waals surface area contributed by atoms with Crippen molar-refractivity contribution in [1.82, 2.24) is 4.90 Å². The molecule has 82 valence electrons. The SMILES string of the molecule is CC1CCCCN1C(=O)Nc1cccs1. The maximum atomic E-state index is 11.9. The molecule has 1 aromatic rings. The number of carbonyl (C=O) groups excluding carboxylic acids is 1. The molecule has 2 heterocycles. The summed E-state index contributed by atoms with van der Waals surface area (Å²) in [4.78, 5) is 13.8. The lowest BCUT2D eigenvalue weighted by molar-refractivity contribution is 0.170. The lowest BCUT2D eigenvalue weighted by atomic mass is 10.0. The van der Waals surface area contributed by atoms with Crippen LogP contribution in [0.25, 0.3) is 0 Å². The minimum absolute atomic E-state index is 0.0460. The van der Waals surface area contributed by atoms with Crippen LogP contribution in [-0.2, 0) is 0 Å². The highest BCUT2D eigenvalue weighted by Gasteiger charge is 2.22. The van der Waals surface area contributed by atoms with Crippen LogP contribution in [0, 0.1) is 0 Å². The second kappa shape index (κ2) is 4.66. The Morgan fingerprint density at radius 2 is 2.47 bits per heavy atom. The first-order chi connectivity index (χ1) is 7.27. The molecule has 1 fully saturated rings. The van der Waals surface area contributed by atoms with Crippen LogP contribution in [0.4, 0.5) is 9.80 Å². The van der Waals surface area contributed by atoms with Crippen LogP contribution in [0.5, 0.6) is 0 Å². The zero-order valence-electron chi connectivity index (χ0n) is 8.90. The van der Waals surface area contributed by atoms with Crippen molar-refractivity contribution >= 4 is 22.4 Å². The van der Waals surface area contributed by atoms with Crippen LogP contribution in [0.2, 0.25) is 0 Å². The van der Waals surface area contributed by atoms with E-state index in [1.807, 2.05) is 22.4 Å². The highest BCUT2D eigenvalue weighted by Crippen LogP contribution is 2.20. The third-order valence-electron chi connectivity index (χ3n) is 2.82. The highest BCUT2D eigenvalue weighted by atomic mass is 32.1. The Labute approximate surface area is 94.1 Å². The number of hydrogen-bond donors (Lipinski definition) is 1. The smallest absolute Gasteiger partial charge is 0.322 e. The van der Waals surface area contributed by atoms with Crippen molar-refractivity contribution < 1.29 is 4.79 Å². The van der Waals surface area contributed by atoms with E-state index < -0.39 is 0 Å². The van der Waals surface area contributed by atoms with Gasteiger partial charge in [-0.25, -0.2) is 4.79 Å². The van der Waals surface area contributed by atoms with Gasteiger partial charge in [-0.3, -0.25) is 5.32 Å². The molecule has 4 heteroatoms. The summed E-state index contributed by atoms with van der Waals surface area (Å²) in [6.45, 7) is 3.01. The predicted molar refractivity (Wildman–Crippen MR) is 63.4 cm³/mol. The fraction of sp³-hybridized carbons (Fsp3) is 0.545. The first-order valence-corrected chi connectivity index (χ1v) is 6.26. The van der Waals surface area contributed by atoms with E-state index in [0.717, 1.165) is 24.4 Å². The summed E-state index contributed by atoms with van der Waals surface area (Å²) >= 11 is 1.56. The fourth-order valence-corrected chi connectivity index (χ4v) is 2.53. The Kier molecular flexibility index (Phi) is 3.26. The standard InChI is InChI=1S/C11H16N2OS/c1-9-5-2-3-7-13(9)11(14)12-10-6-4-8-15-10/h4,6,8-9H,2-3,5,7H2,1H3,(H,12,14). The van der Waals surface area contributed by atoms with Crippen LogP contribution in [0.15, 0.2) is 17.5 Å². The number of urea groups is 1. The molecule has 2 rings (SSSR count). The van der Waals surface area contributed by atoms with E-state index in [-0.39, 0.29) is 6.03 Å². The molecular formula is C11H16N2OS. The zero-order valence-corrected chi connectivity index (χ0v) is 9.72. The molecule has 1 aliphatic rings. The Morgan fingerprint density at radius 1 is 1.60 bits per heavy atom. The molecule has 0 radical (unpaired) electrons. The summed E-state index contributed by atoms with van der Waals surface area (Å²) in [5.74, 6) is 0. The van der Waals surface area contributed by atoms with Crippen LogP contribution in [0.3, 0.4) is 0 Å². The van der Waals surface area contributed by atoms with Crippen LogP contribution in [-0.4, -0.2) is 23.5 Å². The van der Waals surface area contributed by atoms with Crippen LogP contribution >= 0.6 is 11.3 Å². The van der Waals surface area contributed by atoms with Gasteiger partial charge in [-0.15, -0.1) is 11.3 Å². The number of piperidine rings is 1. The van der Waals surface area contributed by atoms with E-state index in [0.29, 0.717) is 6.04 Å². The molecule has 1 saturated heterocycles. The summed E-state index contributed by atoms with van der Waals surface area (Å²) in [6, 6.07) is 4.29. The molecule has 0 bridgehead atoms. The average molecular weight is 224 g/mol. The number of rotatable bonds is 1. The molecule has 2 amide bonds. The molecule has 0 aliphatic carbocycles. The maximum Gasteiger partial charge on any atom is 0.322 e. The Balaban J connectivity index is 1.95. The van der Waals surface area contributed by atoms with Gasteiger partial charge >= 0.3 is 6.03 Å². The lowest BCUT2D eigenvalue weighted by Crippen LogP contribution is -2.44. The molecule has 0 aromatic carbocycles. The van der Waals surface area contributed by atoms with E-state index in [4.69, 9.17) is 0 Å². The van der Waals surface area contributed by atoms with Gasteiger partial charge in [0.1, 0.15) is 0 Å². The number of nitrogens with zero attached hydrogens (tertiary/aromatic N) is 1. The maximum absolute atomic E-state index is 11.9. The summed E-state index contributed by atoms with van der Waals surface area (Å²) < 4.78 is 0. The van der Waals surface area contributed by atoms with Crippen molar-refractivity contribution in [2.45, 2.75) is 32.2 Å². The third-order valence-corrected chi connectivity index (χ3v) is 3.60. The van der Waals surface area contributed by atoms with Gasteiger partial charge in [0.05, 0.1) is 5.00 Å². The molecule has 1 aromatic heterocycles. The van der Waals surface area contributed by atoms with Gasteiger partial charge in [-0.2, -0.15) is 0 Å². The van der Waals surface area contributed by atoms with E-state index in [1.54, 1.807) is 11.3 Å².